The van der Waals surface area contributed by atoms with Gasteiger partial charge >= 0.3 is 0 Å². The van der Waals surface area contributed by atoms with E-state index in [2.05, 4.69) is 11.8 Å². The van der Waals surface area contributed by atoms with E-state index in [9.17, 15) is 5.11 Å². The van der Waals surface area contributed by atoms with E-state index in [4.69, 9.17) is 5.73 Å². The molecule has 0 bridgehead atoms. The zero-order valence-electron chi connectivity index (χ0n) is 11.9. The maximum Gasteiger partial charge on any atom is 0.115 e. The van der Waals surface area contributed by atoms with Crippen LogP contribution < -0.4 is 5.73 Å². The van der Waals surface area contributed by atoms with Crippen LogP contribution in [-0.4, -0.2) is 29.1 Å². The second-order valence-corrected chi connectivity index (χ2v) is 5.47. The van der Waals surface area contributed by atoms with Crippen molar-refractivity contribution >= 4 is 0 Å². The number of aromatic hydroxyl groups is 1. The van der Waals surface area contributed by atoms with Gasteiger partial charge in [-0.15, -0.1) is 0 Å². The van der Waals surface area contributed by atoms with Gasteiger partial charge in [-0.25, -0.2) is 0 Å². The zero-order valence-corrected chi connectivity index (χ0v) is 11.9. The Morgan fingerprint density at radius 2 is 1.84 bits per heavy atom. The molecule has 2 rings (SSSR count). The summed E-state index contributed by atoms with van der Waals surface area (Å²) < 4.78 is 0. The fourth-order valence-corrected chi connectivity index (χ4v) is 3.31. The molecule has 1 aliphatic carbocycles. The van der Waals surface area contributed by atoms with E-state index in [1.807, 2.05) is 12.1 Å². The number of phenolic OH excluding ortho intramolecular Hbond substituents is 1. The van der Waals surface area contributed by atoms with Crippen LogP contribution in [0.3, 0.4) is 0 Å². The summed E-state index contributed by atoms with van der Waals surface area (Å²) in [4.78, 5) is 2.55. The first-order chi connectivity index (χ1) is 9.26. The standard InChI is InChI=1S/C16H26N2O/c1-2-18(14-6-4-3-5-7-14)16(12-17)13-8-10-15(19)11-9-13/h8-11,14,16,19H,2-7,12,17H2,1H3. The molecule has 0 aliphatic heterocycles. The first kappa shape index (κ1) is 14.4. The van der Waals surface area contributed by atoms with Gasteiger partial charge in [0, 0.05) is 18.6 Å². The number of likely N-dealkylation sites (N-methyl/N-ethyl adjacent to an activating group) is 1. The lowest BCUT2D eigenvalue weighted by Gasteiger charge is -2.39. The first-order valence-corrected chi connectivity index (χ1v) is 7.51. The van der Waals surface area contributed by atoms with Crippen molar-refractivity contribution < 1.29 is 5.11 Å². The van der Waals surface area contributed by atoms with E-state index >= 15 is 0 Å². The Kier molecular flexibility index (Phi) is 5.23. The molecule has 1 aliphatic rings. The predicted octanol–water partition coefficient (Wildman–Crippen LogP) is 3.05. The van der Waals surface area contributed by atoms with E-state index in [1.54, 1.807) is 12.1 Å². The van der Waals surface area contributed by atoms with Crippen LogP contribution in [0.1, 0.15) is 50.6 Å². The van der Waals surface area contributed by atoms with E-state index in [1.165, 1.54) is 37.7 Å². The molecule has 19 heavy (non-hydrogen) atoms. The van der Waals surface area contributed by atoms with Gasteiger partial charge in [0.25, 0.3) is 0 Å². The van der Waals surface area contributed by atoms with Crippen LogP contribution in [-0.2, 0) is 0 Å². The summed E-state index contributed by atoms with van der Waals surface area (Å²) in [6.45, 7) is 3.89. The minimum absolute atomic E-state index is 0.272. The molecule has 1 saturated carbocycles. The topological polar surface area (TPSA) is 49.5 Å². The van der Waals surface area contributed by atoms with Crippen molar-refractivity contribution in [2.75, 3.05) is 13.1 Å². The third-order valence-corrected chi connectivity index (χ3v) is 4.31. The molecule has 1 unspecified atom stereocenters. The molecule has 0 saturated heterocycles. The Balaban J connectivity index is 2.15. The average molecular weight is 262 g/mol. The second-order valence-electron chi connectivity index (χ2n) is 5.47. The zero-order chi connectivity index (χ0) is 13.7. The molecule has 1 atom stereocenters. The van der Waals surface area contributed by atoms with Crippen molar-refractivity contribution in [2.24, 2.45) is 5.73 Å². The van der Waals surface area contributed by atoms with Gasteiger partial charge in [-0.1, -0.05) is 38.3 Å². The van der Waals surface area contributed by atoms with E-state index in [0.717, 1.165) is 6.54 Å². The molecule has 0 radical (unpaired) electrons. The normalized spacial score (nSPS) is 18.7. The highest BCUT2D eigenvalue weighted by molar-refractivity contribution is 5.28. The summed E-state index contributed by atoms with van der Waals surface area (Å²) in [5, 5.41) is 9.41. The molecule has 0 heterocycles. The molecule has 0 aromatic heterocycles. The molecule has 3 N–H and O–H groups in total. The van der Waals surface area contributed by atoms with Gasteiger partial charge in [0.15, 0.2) is 0 Å². The Morgan fingerprint density at radius 1 is 1.21 bits per heavy atom. The van der Waals surface area contributed by atoms with Gasteiger partial charge < -0.3 is 10.8 Å². The van der Waals surface area contributed by atoms with E-state index < -0.39 is 0 Å². The number of nitrogens with zero attached hydrogens (tertiary/aromatic N) is 1. The molecule has 3 heteroatoms. The van der Waals surface area contributed by atoms with E-state index in [-0.39, 0.29) is 6.04 Å². The summed E-state index contributed by atoms with van der Waals surface area (Å²) >= 11 is 0. The summed E-state index contributed by atoms with van der Waals surface area (Å²) in [6, 6.07) is 8.45. The number of rotatable bonds is 5. The fourth-order valence-electron chi connectivity index (χ4n) is 3.31. The molecule has 1 aromatic rings. The Bertz CT molecular complexity index is 371. The van der Waals surface area contributed by atoms with Crippen LogP contribution in [0.25, 0.3) is 0 Å². The first-order valence-electron chi connectivity index (χ1n) is 7.51. The van der Waals surface area contributed by atoms with Gasteiger partial charge in [0.2, 0.25) is 0 Å². The maximum atomic E-state index is 9.41. The smallest absolute Gasteiger partial charge is 0.115 e. The largest absolute Gasteiger partial charge is 0.508 e. The minimum atomic E-state index is 0.272. The predicted molar refractivity (Wildman–Crippen MR) is 79.2 cm³/mol. The van der Waals surface area contributed by atoms with Gasteiger partial charge in [-0.2, -0.15) is 0 Å². The summed E-state index contributed by atoms with van der Waals surface area (Å²) in [6.07, 6.45) is 6.65. The third kappa shape index (κ3) is 3.48. The number of hydrogen-bond donors (Lipinski definition) is 2. The summed E-state index contributed by atoms with van der Waals surface area (Å²) in [5.74, 6) is 0.320. The van der Waals surface area contributed by atoms with Crippen molar-refractivity contribution in [3.63, 3.8) is 0 Å². The molecular formula is C16H26N2O. The number of nitrogens with two attached hydrogens (primary N) is 1. The van der Waals surface area contributed by atoms with Crippen LogP contribution in [0.2, 0.25) is 0 Å². The second kappa shape index (κ2) is 6.92. The van der Waals surface area contributed by atoms with Crippen molar-refractivity contribution in [1.82, 2.24) is 4.90 Å². The van der Waals surface area contributed by atoms with Crippen LogP contribution in [0, 0.1) is 0 Å². The van der Waals surface area contributed by atoms with Crippen LogP contribution in [0.4, 0.5) is 0 Å². The molecular weight excluding hydrogens is 236 g/mol. The average Bonchev–Trinajstić information content (AvgIpc) is 2.47. The number of hydrogen-bond acceptors (Lipinski definition) is 3. The molecule has 0 amide bonds. The monoisotopic (exact) mass is 262 g/mol. The van der Waals surface area contributed by atoms with Gasteiger partial charge in [0.1, 0.15) is 5.75 Å². The highest BCUT2D eigenvalue weighted by Crippen LogP contribution is 2.30. The van der Waals surface area contributed by atoms with Crippen molar-refractivity contribution in [2.45, 2.75) is 51.1 Å². The quantitative estimate of drug-likeness (QED) is 0.857. The van der Waals surface area contributed by atoms with E-state index in [0.29, 0.717) is 18.3 Å². The van der Waals surface area contributed by atoms with Gasteiger partial charge in [0.05, 0.1) is 0 Å². The van der Waals surface area contributed by atoms with Crippen LogP contribution in [0.5, 0.6) is 5.75 Å². The summed E-state index contributed by atoms with van der Waals surface area (Å²) in [5.41, 5.74) is 7.24. The van der Waals surface area contributed by atoms with Crippen molar-refractivity contribution in [1.29, 1.82) is 0 Å². The van der Waals surface area contributed by atoms with Crippen molar-refractivity contribution in [3.05, 3.63) is 29.8 Å². The Hall–Kier alpha value is -1.06. The summed E-state index contributed by atoms with van der Waals surface area (Å²) in [7, 11) is 0. The molecule has 0 spiro atoms. The number of benzene rings is 1. The van der Waals surface area contributed by atoms with Gasteiger partial charge in [-0.3, -0.25) is 4.90 Å². The fraction of sp³-hybridized carbons (Fsp3) is 0.625. The third-order valence-electron chi connectivity index (χ3n) is 4.31. The lowest BCUT2D eigenvalue weighted by Crippen LogP contribution is -2.42. The number of phenols is 1. The van der Waals surface area contributed by atoms with Crippen molar-refractivity contribution in [3.8, 4) is 5.75 Å². The van der Waals surface area contributed by atoms with Crippen LogP contribution in [0.15, 0.2) is 24.3 Å². The SMILES string of the molecule is CCN(C1CCCCC1)C(CN)c1ccc(O)cc1. The maximum absolute atomic E-state index is 9.41. The van der Waals surface area contributed by atoms with Gasteiger partial charge in [-0.05, 0) is 37.1 Å². The molecule has 1 aromatic carbocycles. The molecule has 1 fully saturated rings. The molecule has 106 valence electrons. The Labute approximate surface area is 116 Å². The minimum Gasteiger partial charge on any atom is -0.508 e. The highest BCUT2D eigenvalue weighted by Gasteiger charge is 2.26. The molecule has 3 nitrogen and oxygen atoms in total. The van der Waals surface area contributed by atoms with Crippen LogP contribution >= 0.6 is 0 Å². The lowest BCUT2D eigenvalue weighted by atomic mass is 9.92. The Morgan fingerprint density at radius 3 is 2.37 bits per heavy atom. The highest BCUT2D eigenvalue weighted by atomic mass is 16.3. The lowest BCUT2D eigenvalue weighted by molar-refractivity contribution is 0.114.